The number of benzene rings is 1. The van der Waals surface area contributed by atoms with E-state index in [9.17, 15) is 4.79 Å². The van der Waals surface area contributed by atoms with Crippen molar-refractivity contribution in [3.63, 3.8) is 0 Å². The molecule has 1 unspecified atom stereocenters. The number of carboxylic acids is 1. The van der Waals surface area contributed by atoms with Crippen LogP contribution in [-0.2, 0) is 4.79 Å². The Morgan fingerprint density at radius 3 is 2.86 bits per heavy atom. The van der Waals surface area contributed by atoms with Crippen molar-refractivity contribution in [2.45, 2.75) is 19.3 Å². The van der Waals surface area contributed by atoms with E-state index in [0.29, 0.717) is 5.69 Å². The van der Waals surface area contributed by atoms with E-state index in [2.05, 4.69) is 15.9 Å². The molecule has 76 valence electrons. The Hall–Kier alpha value is -1.03. The molecule has 0 radical (unpaired) electrons. The Labute approximate surface area is 91.1 Å². The van der Waals surface area contributed by atoms with E-state index in [1.165, 1.54) is 0 Å². The fourth-order valence-electron chi connectivity index (χ4n) is 1.34. The number of anilines is 1. The minimum Gasteiger partial charge on any atom is -0.481 e. The van der Waals surface area contributed by atoms with E-state index >= 15 is 0 Å². The maximum atomic E-state index is 10.5. The number of nitrogen functional groups attached to an aromatic ring is 1. The van der Waals surface area contributed by atoms with Gasteiger partial charge in [0.1, 0.15) is 0 Å². The first-order chi connectivity index (χ1) is 6.50. The van der Waals surface area contributed by atoms with Gasteiger partial charge in [-0.25, -0.2) is 0 Å². The highest BCUT2D eigenvalue weighted by Gasteiger charge is 2.12. The van der Waals surface area contributed by atoms with Gasteiger partial charge in [-0.2, -0.15) is 0 Å². The molecule has 0 heterocycles. The minimum absolute atomic E-state index is 0.0648. The van der Waals surface area contributed by atoms with Crippen LogP contribution in [0.2, 0.25) is 0 Å². The summed E-state index contributed by atoms with van der Waals surface area (Å²) >= 11 is 3.33. The highest BCUT2D eigenvalue weighted by molar-refractivity contribution is 9.10. The van der Waals surface area contributed by atoms with Crippen LogP contribution < -0.4 is 5.73 Å². The summed E-state index contributed by atoms with van der Waals surface area (Å²) in [5.74, 6) is -0.873. The first-order valence-electron chi connectivity index (χ1n) is 4.27. The Morgan fingerprint density at radius 2 is 2.29 bits per heavy atom. The first-order valence-corrected chi connectivity index (χ1v) is 5.06. The van der Waals surface area contributed by atoms with Crippen LogP contribution in [0.3, 0.4) is 0 Å². The van der Waals surface area contributed by atoms with E-state index in [1.807, 2.05) is 19.1 Å². The van der Waals surface area contributed by atoms with Crippen LogP contribution in [0, 0.1) is 0 Å². The third-order valence-corrected chi connectivity index (χ3v) is 2.55. The number of halogens is 1. The zero-order valence-corrected chi connectivity index (χ0v) is 9.41. The van der Waals surface area contributed by atoms with Crippen LogP contribution in [0.1, 0.15) is 24.8 Å². The van der Waals surface area contributed by atoms with E-state index in [1.54, 1.807) is 6.07 Å². The molecule has 0 aromatic heterocycles. The molecule has 1 atom stereocenters. The quantitative estimate of drug-likeness (QED) is 0.819. The van der Waals surface area contributed by atoms with Gasteiger partial charge in [0.05, 0.1) is 6.42 Å². The van der Waals surface area contributed by atoms with Crippen molar-refractivity contribution in [3.05, 3.63) is 28.2 Å². The highest BCUT2D eigenvalue weighted by Crippen LogP contribution is 2.27. The standard InChI is InChI=1S/C10H12BrNO2/c1-6(4-10(13)14)8-5-7(11)2-3-9(8)12/h2-3,5-6H,4,12H2,1H3,(H,13,14). The summed E-state index contributed by atoms with van der Waals surface area (Å²) < 4.78 is 0.916. The van der Waals surface area contributed by atoms with Gasteiger partial charge < -0.3 is 10.8 Å². The third-order valence-electron chi connectivity index (χ3n) is 2.06. The van der Waals surface area contributed by atoms with E-state index in [-0.39, 0.29) is 12.3 Å². The van der Waals surface area contributed by atoms with Gasteiger partial charge in [-0.3, -0.25) is 4.79 Å². The molecule has 0 saturated heterocycles. The number of nitrogens with two attached hydrogens (primary N) is 1. The van der Waals surface area contributed by atoms with Crippen LogP contribution in [0.5, 0.6) is 0 Å². The molecule has 1 aromatic rings. The molecule has 0 saturated carbocycles. The molecular weight excluding hydrogens is 246 g/mol. The van der Waals surface area contributed by atoms with Gasteiger partial charge in [0.2, 0.25) is 0 Å². The second-order valence-corrected chi connectivity index (χ2v) is 4.19. The monoisotopic (exact) mass is 257 g/mol. The van der Waals surface area contributed by atoms with Crippen molar-refractivity contribution in [1.82, 2.24) is 0 Å². The lowest BCUT2D eigenvalue weighted by molar-refractivity contribution is -0.137. The van der Waals surface area contributed by atoms with Gasteiger partial charge in [-0.1, -0.05) is 22.9 Å². The fourth-order valence-corrected chi connectivity index (χ4v) is 1.72. The summed E-state index contributed by atoms with van der Waals surface area (Å²) in [7, 11) is 0. The summed E-state index contributed by atoms with van der Waals surface area (Å²) in [5, 5.41) is 8.65. The van der Waals surface area contributed by atoms with E-state index in [0.717, 1.165) is 10.0 Å². The molecule has 1 rings (SSSR count). The number of carboxylic acid groups (broad SMARTS) is 1. The molecular formula is C10H12BrNO2. The molecule has 3 nitrogen and oxygen atoms in total. The fraction of sp³-hybridized carbons (Fsp3) is 0.300. The second-order valence-electron chi connectivity index (χ2n) is 3.27. The minimum atomic E-state index is -0.808. The Morgan fingerprint density at radius 1 is 1.64 bits per heavy atom. The molecule has 3 N–H and O–H groups in total. The number of carbonyl (C=O) groups is 1. The molecule has 0 spiro atoms. The normalized spacial score (nSPS) is 12.4. The molecule has 14 heavy (non-hydrogen) atoms. The molecule has 0 bridgehead atoms. The van der Waals surface area contributed by atoms with Gasteiger partial charge in [-0.05, 0) is 29.7 Å². The Kier molecular flexibility index (Phi) is 3.52. The van der Waals surface area contributed by atoms with Crippen LogP contribution >= 0.6 is 15.9 Å². The summed E-state index contributed by atoms with van der Waals surface area (Å²) in [4.78, 5) is 10.5. The topological polar surface area (TPSA) is 63.3 Å². The van der Waals surface area contributed by atoms with Crippen molar-refractivity contribution in [2.24, 2.45) is 0 Å². The van der Waals surface area contributed by atoms with Crippen LogP contribution in [0.4, 0.5) is 5.69 Å². The van der Waals surface area contributed by atoms with Crippen LogP contribution in [0.15, 0.2) is 22.7 Å². The summed E-state index contributed by atoms with van der Waals surface area (Å²) in [6, 6.07) is 5.48. The summed E-state index contributed by atoms with van der Waals surface area (Å²) in [5.41, 5.74) is 7.27. The summed E-state index contributed by atoms with van der Waals surface area (Å²) in [6.07, 6.45) is 0.0979. The van der Waals surface area contributed by atoms with Crippen molar-refractivity contribution >= 4 is 27.6 Å². The van der Waals surface area contributed by atoms with Crippen molar-refractivity contribution in [3.8, 4) is 0 Å². The zero-order chi connectivity index (χ0) is 10.7. The lowest BCUT2D eigenvalue weighted by Gasteiger charge is -2.12. The number of rotatable bonds is 3. The SMILES string of the molecule is CC(CC(=O)O)c1cc(Br)ccc1N. The number of hydrogen-bond acceptors (Lipinski definition) is 2. The molecule has 4 heteroatoms. The lowest BCUT2D eigenvalue weighted by Crippen LogP contribution is -2.05. The molecule has 0 aliphatic heterocycles. The lowest BCUT2D eigenvalue weighted by atomic mass is 9.96. The Bertz CT molecular complexity index is 352. The smallest absolute Gasteiger partial charge is 0.303 e. The zero-order valence-electron chi connectivity index (χ0n) is 7.83. The highest BCUT2D eigenvalue weighted by atomic mass is 79.9. The van der Waals surface area contributed by atoms with Crippen molar-refractivity contribution in [2.75, 3.05) is 5.73 Å². The largest absolute Gasteiger partial charge is 0.481 e. The number of aliphatic carboxylic acids is 1. The van der Waals surface area contributed by atoms with Gasteiger partial charge in [0.25, 0.3) is 0 Å². The predicted octanol–water partition coefficient (Wildman–Crippen LogP) is 2.61. The third kappa shape index (κ3) is 2.73. The maximum Gasteiger partial charge on any atom is 0.303 e. The van der Waals surface area contributed by atoms with Gasteiger partial charge >= 0.3 is 5.97 Å². The van der Waals surface area contributed by atoms with Crippen LogP contribution in [-0.4, -0.2) is 11.1 Å². The molecule has 1 aromatic carbocycles. The van der Waals surface area contributed by atoms with Gasteiger partial charge in [0.15, 0.2) is 0 Å². The van der Waals surface area contributed by atoms with Crippen molar-refractivity contribution in [1.29, 1.82) is 0 Å². The Balaban J connectivity index is 2.93. The summed E-state index contributed by atoms with van der Waals surface area (Å²) in [6.45, 7) is 1.85. The second kappa shape index (κ2) is 4.46. The van der Waals surface area contributed by atoms with Crippen molar-refractivity contribution < 1.29 is 9.90 Å². The van der Waals surface area contributed by atoms with Gasteiger partial charge in [-0.15, -0.1) is 0 Å². The van der Waals surface area contributed by atoms with Crippen LogP contribution in [0.25, 0.3) is 0 Å². The van der Waals surface area contributed by atoms with E-state index < -0.39 is 5.97 Å². The first kappa shape index (κ1) is 11.0. The molecule has 0 fully saturated rings. The average Bonchev–Trinajstić information content (AvgIpc) is 2.08. The van der Waals surface area contributed by atoms with E-state index in [4.69, 9.17) is 10.8 Å². The molecule has 0 aliphatic carbocycles. The molecule has 0 amide bonds. The number of hydrogen-bond donors (Lipinski definition) is 2. The van der Waals surface area contributed by atoms with Gasteiger partial charge in [0, 0.05) is 10.2 Å². The average molecular weight is 258 g/mol. The predicted molar refractivity (Wildman–Crippen MR) is 59.2 cm³/mol. The molecule has 0 aliphatic rings. The maximum absolute atomic E-state index is 10.5.